The number of rotatable bonds is 3. The van der Waals surface area contributed by atoms with Crippen molar-refractivity contribution in [2.24, 2.45) is 0 Å². The minimum atomic E-state index is -1.86. The van der Waals surface area contributed by atoms with Crippen LogP contribution in [0.25, 0.3) is 10.9 Å². The maximum absolute atomic E-state index is 12.4. The smallest absolute Gasteiger partial charge is 0.465 e. The van der Waals surface area contributed by atoms with Crippen LogP contribution in [0.5, 0.6) is 0 Å². The lowest BCUT2D eigenvalue weighted by molar-refractivity contribution is 0.0547. The minimum absolute atomic E-state index is 0.0254. The van der Waals surface area contributed by atoms with Gasteiger partial charge in [0.1, 0.15) is 5.60 Å². The highest BCUT2D eigenvalue weighted by Crippen LogP contribution is 2.19. The van der Waals surface area contributed by atoms with Crippen molar-refractivity contribution in [3.05, 3.63) is 29.8 Å². The number of fused-ring (bicyclic) bond motifs is 1. The summed E-state index contributed by atoms with van der Waals surface area (Å²) in [7, 11) is -1.86. The zero-order valence-corrected chi connectivity index (χ0v) is 13.6. The van der Waals surface area contributed by atoms with Gasteiger partial charge in [0.25, 0.3) is 0 Å². The summed E-state index contributed by atoms with van der Waals surface area (Å²) in [5, 5.41) is 30.5. The van der Waals surface area contributed by atoms with Gasteiger partial charge < -0.3 is 25.2 Å². The van der Waals surface area contributed by atoms with Crippen molar-refractivity contribution in [1.82, 2.24) is 9.88 Å². The molecule has 0 saturated heterocycles. The van der Waals surface area contributed by atoms with Crippen LogP contribution in [-0.2, 0) is 11.3 Å². The van der Waals surface area contributed by atoms with Gasteiger partial charge in [-0.15, -0.1) is 0 Å². The molecule has 0 aliphatic carbocycles. The van der Waals surface area contributed by atoms with E-state index < -0.39 is 24.9 Å². The highest BCUT2D eigenvalue weighted by molar-refractivity contribution is 6.59. The van der Waals surface area contributed by atoms with Crippen molar-refractivity contribution < 1.29 is 29.5 Å². The number of nitrogens with one attached hydrogen (secondary N) is 1. The molecule has 0 bridgehead atoms. The van der Waals surface area contributed by atoms with Gasteiger partial charge in [0, 0.05) is 11.9 Å². The van der Waals surface area contributed by atoms with E-state index in [0.717, 1.165) is 4.57 Å². The Balaban J connectivity index is 2.47. The van der Waals surface area contributed by atoms with Gasteiger partial charge in [-0.2, -0.15) is 0 Å². The molecule has 0 spiro atoms. The van der Waals surface area contributed by atoms with E-state index in [2.05, 4.69) is 5.32 Å². The van der Waals surface area contributed by atoms with Gasteiger partial charge >= 0.3 is 19.3 Å². The lowest BCUT2D eigenvalue weighted by atomic mass is 9.86. The Bertz CT molecular complexity index is 778. The van der Waals surface area contributed by atoms with E-state index in [1.807, 2.05) is 0 Å². The third-order valence-corrected chi connectivity index (χ3v) is 3.18. The number of amides is 1. The Kier molecular flexibility index (Phi) is 4.86. The van der Waals surface area contributed by atoms with Crippen LogP contribution < -0.4 is 10.9 Å². The van der Waals surface area contributed by atoms with Crippen LogP contribution in [-0.4, -0.2) is 44.6 Å². The molecule has 0 radical (unpaired) electrons. The topological polar surface area (TPSA) is 121 Å². The molecule has 0 unspecified atom stereocenters. The van der Waals surface area contributed by atoms with Crippen LogP contribution in [0.1, 0.15) is 26.3 Å². The summed E-state index contributed by atoms with van der Waals surface area (Å²) in [6.45, 7) is 5.23. The van der Waals surface area contributed by atoms with Crippen molar-refractivity contribution in [3.8, 4) is 0 Å². The number of hydrogen-bond donors (Lipinski definition) is 4. The van der Waals surface area contributed by atoms with Gasteiger partial charge in [0.05, 0.1) is 11.1 Å². The van der Waals surface area contributed by atoms with Crippen molar-refractivity contribution in [2.75, 3.05) is 0 Å². The van der Waals surface area contributed by atoms with Gasteiger partial charge in [0.2, 0.25) is 0 Å². The normalized spacial score (nSPS) is 11.4. The molecule has 1 aromatic heterocycles. The van der Waals surface area contributed by atoms with Crippen molar-refractivity contribution in [3.63, 3.8) is 0 Å². The lowest BCUT2D eigenvalue weighted by Crippen LogP contribution is -2.40. The molecular weight excluding hydrogens is 315 g/mol. The summed E-state index contributed by atoms with van der Waals surface area (Å²) in [5.74, 6) is 0. The van der Waals surface area contributed by atoms with Crippen molar-refractivity contribution in [2.45, 2.75) is 32.9 Å². The number of carboxylic acid groups (broad SMARTS) is 1. The number of ether oxygens (including phenoxy) is 1. The van der Waals surface area contributed by atoms with Crippen LogP contribution in [0.3, 0.4) is 0 Å². The zero-order chi connectivity index (χ0) is 18.1. The first kappa shape index (κ1) is 17.8. The second-order valence-corrected chi connectivity index (χ2v) is 6.31. The predicted molar refractivity (Wildman–Crippen MR) is 88.3 cm³/mol. The average Bonchev–Trinajstić information content (AvgIpc) is 2.82. The largest absolute Gasteiger partial charge is 0.506 e. The molecule has 0 saturated carbocycles. The molecule has 128 valence electrons. The molecule has 1 aromatic carbocycles. The molecule has 8 nitrogen and oxygen atoms in total. The summed E-state index contributed by atoms with van der Waals surface area (Å²) in [4.78, 5) is 23.0. The molecule has 2 rings (SSSR count). The highest BCUT2D eigenvalue weighted by atomic mass is 16.6. The first-order valence-corrected chi connectivity index (χ1v) is 7.29. The quantitative estimate of drug-likeness (QED) is 0.618. The predicted octanol–water partition coefficient (Wildman–Crippen LogP) is 0.872. The second-order valence-electron chi connectivity index (χ2n) is 6.31. The number of hydrogen-bond acceptors (Lipinski definition) is 5. The van der Waals surface area contributed by atoms with Gasteiger partial charge in [-0.05, 0) is 44.5 Å². The van der Waals surface area contributed by atoms with E-state index in [-0.39, 0.29) is 12.1 Å². The lowest BCUT2D eigenvalue weighted by Gasteiger charge is -2.21. The number of aromatic nitrogens is 1. The number of carbonyl (C=O) groups excluding carboxylic acids is 1. The van der Waals surface area contributed by atoms with Gasteiger partial charge in [0.15, 0.2) is 0 Å². The van der Waals surface area contributed by atoms with E-state index in [0.29, 0.717) is 16.5 Å². The number of nitrogens with zero attached hydrogens (tertiary/aromatic N) is 1. The molecule has 4 N–H and O–H groups in total. The first-order chi connectivity index (χ1) is 11.1. The molecule has 1 amide bonds. The molecular formula is C15H19BN2O6. The Hall–Kier alpha value is -2.52. The van der Waals surface area contributed by atoms with Crippen molar-refractivity contribution in [1.29, 1.82) is 0 Å². The van der Waals surface area contributed by atoms with Crippen LogP contribution in [0, 0.1) is 0 Å². The third kappa shape index (κ3) is 4.06. The summed E-state index contributed by atoms with van der Waals surface area (Å²) in [6, 6.07) is 6.36. The Labute approximate surface area is 138 Å². The molecule has 2 aromatic rings. The molecule has 0 atom stereocenters. The SMILES string of the molecule is CC(C)(C)OC(=O)n1c(B(O)O)cc2cc(CNC(=O)O)ccc21. The van der Waals surface area contributed by atoms with Crippen LogP contribution >= 0.6 is 0 Å². The maximum atomic E-state index is 12.4. The van der Waals surface area contributed by atoms with Crippen LogP contribution in [0.2, 0.25) is 0 Å². The second kappa shape index (κ2) is 6.54. The maximum Gasteiger partial charge on any atom is 0.506 e. The third-order valence-electron chi connectivity index (χ3n) is 3.18. The standard InChI is InChI=1S/C15H19BN2O6/c1-15(2,3)24-14(21)18-11-5-4-9(8-17-13(19)20)6-10(11)7-12(18)16(22)23/h4-7,17,22-23H,8H2,1-3H3,(H,19,20). The monoisotopic (exact) mass is 334 g/mol. The molecule has 1 heterocycles. The summed E-state index contributed by atoms with van der Waals surface area (Å²) in [5.41, 5.74) is 0.343. The number of benzene rings is 1. The van der Waals surface area contributed by atoms with E-state index in [9.17, 15) is 19.6 Å². The molecule has 24 heavy (non-hydrogen) atoms. The van der Waals surface area contributed by atoms with Gasteiger partial charge in [-0.25, -0.2) is 9.59 Å². The van der Waals surface area contributed by atoms with Crippen LogP contribution in [0.4, 0.5) is 9.59 Å². The first-order valence-electron chi connectivity index (χ1n) is 7.29. The molecule has 0 aliphatic rings. The number of carbonyl (C=O) groups is 2. The summed E-state index contributed by atoms with van der Waals surface area (Å²) >= 11 is 0. The molecule has 9 heteroatoms. The highest BCUT2D eigenvalue weighted by Gasteiger charge is 2.27. The fourth-order valence-corrected chi connectivity index (χ4v) is 2.28. The van der Waals surface area contributed by atoms with E-state index in [1.54, 1.807) is 39.0 Å². The fraction of sp³-hybridized carbons (Fsp3) is 0.333. The molecule has 0 aliphatic heterocycles. The Morgan fingerprint density at radius 2 is 1.92 bits per heavy atom. The van der Waals surface area contributed by atoms with Crippen molar-refractivity contribution >= 4 is 35.8 Å². The summed E-state index contributed by atoms with van der Waals surface area (Å²) < 4.78 is 6.40. The van der Waals surface area contributed by atoms with E-state index >= 15 is 0 Å². The van der Waals surface area contributed by atoms with Gasteiger partial charge in [-0.3, -0.25) is 4.57 Å². The van der Waals surface area contributed by atoms with Gasteiger partial charge in [-0.1, -0.05) is 6.07 Å². The zero-order valence-electron chi connectivity index (χ0n) is 13.6. The Morgan fingerprint density at radius 1 is 1.25 bits per heavy atom. The van der Waals surface area contributed by atoms with E-state index in [1.165, 1.54) is 6.07 Å². The molecule has 0 fully saturated rings. The van der Waals surface area contributed by atoms with Crippen LogP contribution in [0.15, 0.2) is 24.3 Å². The fourth-order valence-electron chi connectivity index (χ4n) is 2.28. The van der Waals surface area contributed by atoms with E-state index in [4.69, 9.17) is 9.84 Å². The summed E-state index contributed by atoms with van der Waals surface area (Å²) in [6.07, 6.45) is -1.87. The minimum Gasteiger partial charge on any atom is -0.465 e. The average molecular weight is 334 g/mol. The Morgan fingerprint density at radius 3 is 2.46 bits per heavy atom.